The lowest BCUT2D eigenvalue weighted by atomic mass is 9.78. The minimum atomic E-state index is -2.88. The van der Waals surface area contributed by atoms with Gasteiger partial charge < -0.3 is 5.32 Å². The van der Waals surface area contributed by atoms with Gasteiger partial charge in [0.1, 0.15) is 12.1 Å². The van der Waals surface area contributed by atoms with Gasteiger partial charge in [-0.05, 0) is 54.9 Å². The summed E-state index contributed by atoms with van der Waals surface area (Å²) in [6.45, 7) is 9.54. The lowest BCUT2D eigenvalue weighted by Gasteiger charge is -2.40. The number of alkyl halides is 2. The Morgan fingerprint density at radius 3 is 1.97 bits per heavy atom. The molecule has 1 heterocycles. The summed E-state index contributed by atoms with van der Waals surface area (Å²) in [5.41, 5.74) is 2.62. The number of anilines is 2. The molecule has 4 rings (SSSR count). The third-order valence-electron chi connectivity index (χ3n) is 7.53. The number of carbonyl (C=O) groups excluding carboxylic acids is 3. The van der Waals surface area contributed by atoms with Gasteiger partial charge in [-0.15, -0.1) is 0 Å². The normalized spacial score (nSPS) is 18.8. The van der Waals surface area contributed by atoms with Gasteiger partial charge >= 0.3 is 6.03 Å². The first-order chi connectivity index (χ1) is 17.4. The van der Waals surface area contributed by atoms with Crippen molar-refractivity contribution in [3.63, 3.8) is 0 Å². The summed E-state index contributed by atoms with van der Waals surface area (Å²) >= 11 is 0. The molecule has 37 heavy (non-hydrogen) atoms. The Balaban J connectivity index is 1.65. The first-order valence-corrected chi connectivity index (χ1v) is 12.9. The number of amides is 4. The third-order valence-corrected chi connectivity index (χ3v) is 7.53. The van der Waals surface area contributed by atoms with Crippen LogP contribution < -0.4 is 10.2 Å². The molecule has 1 aliphatic carbocycles. The molecule has 8 heteroatoms. The van der Waals surface area contributed by atoms with Crippen LogP contribution in [-0.4, -0.2) is 40.8 Å². The Morgan fingerprint density at radius 1 is 0.919 bits per heavy atom. The summed E-state index contributed by atoms with van der Waals surface area (Å²) in [6, 6.07) is 12.3. The van der Waals surface area contributed by atoms with E-state index in [1.54, 1.807) is 12.1 Å². The van der Waals surface area contributed by atoms with E-state index in [1.807, 2.05) is 65.0 Å². The molecule has 0 atom stereocenters. The van der Waals surface area contributed by atoms with Crippen LogP contribution in [0.2, 0.25) is 0 Å². The van der Waals surface area contributed by atoms with E-state index in [0.717, 1.165) is 21.6 Å². The van der Waals surface area contributed by atoms with E-state index in [9.17, 15) is 23.2 Å². The average molecular weight is 512 g/mol. The molecule has 4 amide bonds. The zero-order valence-electron chi connectivity index (χ0n) is 22.1. The van der Waals surface area contributed by atoms with E-state index < -0.39 is 48.7 Å². The lowest BCUT2D eigenvalue weighted by molar-refractivity contribution is -0.137. The highest BCUT2D eigenvalue weighted by atomic mass is 19.3. The van der Waals surface area contributed by atoms with Crippen molar-refractivity contribution in [1.29, 1.82) is 0 Å². The van der Waals surface area contributed by atoms with Gasteiger partial charge in [-0.3, -0.25) is 19.4 Å². The number of carbonyl (C=O) groups is 3. The van der Waals surface area contributed by atoms with Gasteiger partial charge in [0, 0.05) is 24.2 Å². The smallest absolute Gasteiger partial charge is 0.324 e. The molecule has 2 fully saturated rings. The van der Waals surface area contributed by atoms with E-state index in [2.05, 4.69) is 5.32 Å². The van der Waals surface area contributed by atoms with Crippen molar-refractivity contribution in [3.05, 3.63) is 59.2 Å². The van der Waals surface area contributed by atoms with E-state index in [-0.39, 0.29) is 24.7 Å². The minimum absolute atomic E-state index is 0.147. The van der Waals surface area contributed by atoms with Crippen molar-refractivity contribution in [2.75, 3.05) is 16.8 Å². The predicted octanol–water partition coefficient (Wildman–Crippen LogP) is 6.60. The number of nitrogens with one attached hydrogen (secondary N) is 1. The second-order valence-electron chi connectivity index (χ2n) is 10.9. The molecule has 0 bridgehead atoms. The molecule has 0 radical (unpaired) electrons. The molecule has 6 nitrogen and oxygen atoms in total. The molecule has 1 N–H and O–H groups in total. The van der Waals surface area contributed by atoms with Gasteiger partial charge in [-0.25, -0.2) is 13.6 Å². The van der Waals surface area contributed by atoms with Gasteiger partial charge in [0.25, 0.3) is 5.91 Å². The number of halogens is 2. The Hall–Kier alpha value is -3.29. The zero-order chi connectivity index (χ0) is 27.1. The van der Waals surface area contributed by atoms with Gasteiger partial charge in [0.15, 0.2) is 0 Å². The van der Waals surface area contributed by atoms with Crippen molar-refractivity contribution in [2.45, 2.75) is 83.6 Å². The summed E-state index contributed by atoms with van der Waals surface area (Å²) < 4.78 is 28.2. The first-order valence-electron chi connectivity index (χ1n) is 12.9. The van der Waals surface area contributed by atoms with Crippen molar-refractivity contribution in [3.8, 4) is 0 Å². The largest absolute Gasteiger partial charge is 0.332 e. The fraction of sp³-hybridized carbons (Fsp3) is 0.483. The van der Waals surface area contributed by atoms with Crippen LogP contribution in [-0.2, 0) is 9.59 Å². The Kier molecular flexibility index (Phi) is 7.14. The van der Waals surface area contributed by atoms with Crippen LogP contribution in [0.1, 0.15) is 81.9 Å². The number of para-hydroxylation sites is 1. The summed E-state index contributed by atoms with van der Waals surface area (Å²) in [6.07, 6.45) is -1.31. The minimum Gasteiger partial charge on any atom is -0.324 e. The zero-order valence-corrected chi connectivity index (χ0v) is 22.1. The molecule has 2 aliphatic rings. The molecule has 1 saturated carbocycles. The van der Waals surface area contributed by atoms with Gasteiger partial charge in [0.2, 0.25) is 11.8 Å². The number of urea groups is 1. The number of hydrogen-bond acceptors (Lipinski definition) is 3. The van der Waals surface area contributed by atoms with E-state index in [1.165, 1.54) is 4.90 Å². The molecule has 1 aliphatic heterocycles. The number of benzene rings is 2. The maximum atomic E-state index is 14.1. The van der Waals surface area contributed by atoms with Crippen molar-refractivity contribution >= 4 is 29.2 Å². The van der Waals surface area contributed by atoms with Crippen LogP contribution in [0.5, 0.6) is 0 Å². The topological polar surface area (TPSA) is 69.7 Å². The highest BCUT2D eigenvalue weighted by molar-refractivity contribution is 6.18. The summed E-state index contributed by atoms with van der Waals surface area (Å²) in [7, 11) is 0. The van der Waals surface area contributed by atoms with Crippen molar-refractivity contribution in [1.82, 2.24) is 4.90 Å². The number of imide groups is 1. The SMILES string of the molecule is Cc1ccc(N2C(=O)N(CC(=O)Nc3c(C(C)C)cccc3C(C)C)C(=O)C23CCC(F)(F)CC3)cc1. The molecule has 2 aromatic rings. The Bertz CT molecular complexity index is 1170. The number of nitrogens with zero attached hydrogens (tertiary/aromatic N) is 2. The molecular formula is C29H35F2N3O3. The molecule has 2 aromatic carbocycles. The lowest BCUT2D eigenvalue weighted by Crippen LogP contribution is -2.54. The average Bonchev–Trinajstić information content (AvgIpc) is 3.03. The summed E-state index contributed by atoms with van der Waals surface area (Å²) in [4.78, 5) is 42.9. The Morgan fingerprint density at radius 2 is 1.46 bits per heavy atom. The standard InChI is InChI=1S/C29H35F2N3O3/c1-18(2)22-7-6-8-23(19(3)4)25(22)32-24(35)17-33-26(36)28(13-15-29(30,31)16-14-28)34(27(33)37)21-11-9-20(5)10-12-21/h6-12,18-19H,13-17H2,1-5H3,(H,32,35). The second-order valence-corrected chi connectivity index (χ2v) is 10.9. The van der Waals surface area contributed by atoms with Gasteiger partial charge in [-0.2, -0.15) is 0 Å². The monoisotopic (exact) mass is 511 g/mol. The Labute approximate surface area is 217 Å². The number of hydrogen-bond donors (Lipinski definition) is 1. The fourth-order valence-electron chi connectivity index (χ4n) is 5.41. The van der Waals surface area contributed by atoms with Crippen LogP contribution in [0.4, 0.5) is 25.0 Å². The van der Waals surface area contributed by atoms with E-state index in [0.29, 0.717) is 11.4 Å². The molecule has 1 saturated heterocycles. The van der Waals surface area contributed by atoms with Gasteiger partial charge in [0.05, 0.1) is 0 Å². The molecule has 198 valence electrons. The van der Waals surface area contributed by atoms with Crippen LogP contribution in [0, 0.1) is 6.92 Å². The highest BCUT2D eigenvalue weighted by Crippen LogP contribution is 2.47. The predicted molar refractivity (Wildman–Crippen MR) is 140 cm³/mol. The quantitative estimate of drug-likeness (QED) is 0.445. The van der Waals surface area contributed by atoms with E-state index >= 15 is 0 Å². The van der Waals surface area contributed by atoms with Crippen LogP contribution in [0.3, 0.4) is 0 Å². The molecule has 1 spiro atoms. The second kappa shape index (κ2) is 9.88. The van der Waals surface area contributed by atoms with Gasteiger partial charge in [-0.1, -0.05) is 63.6 Å². The van der Waals surface area contributed by atoms with E-state index in [4.69, 9.17) is 0 Å². The van der Waals surface area contributed by atoms with Crippen molar-refractivity contribution in [2.24, 2.45) is 0 Å². The van der Waals surface area contributed by atoms with Crippen molar-refractivity contribution < 1.29 is 23.2 Å². The highest BCUT2D eigenvalue weighted by Gasteiger charge is 2.61. The van der Waals surface area contributed by atoms with Crippen LogP contribution in [0.25, 0.3) is 0 Å². The maximum Gasteiger partial charge on any atom is 0.332 e. The van der Waals surface area contributed by atoms with Crippen LogP contribution >= 0.6 is 0 Å². The summed E-state index contributed by atoms with van der Waals surface area (Å²) in [5, 5.41) is 2.95. The maximum absolute atomic E-state index is 14.1. The number of aryl methyl sites for hydroxylation is 1. The summed E-state index contributed by atoms with van der Waals surface area (Å²) in [5.74, 6) is -3.68. The first kappa shape index (κ1) is 26.8. The molecule has 0 unspecified atom stereocenters. The molecular weight excluding hydrogens is 476 g/mol. The molecule has 0 aromatic heterocycles. The third kappa shape index (κ3) is 4.98. The van der Waals surface area contributed by atoms with Crippen LogP contribution in [0.15, 0.2) is 42.5 Å². The fourth-order valence-corrected chi connectivity index (χ4v) is 5.41. The number of rotatable bonds is 6.